The molecule has 94 valence electrons. The topological polar surface area (TPSA) is 44.1 Å². The van der Waals surface area contributed by atoms with Crippen LogP contribution in [0.2, 0.25) is 0 Å². The van der Waals surface area contributed by atoms with Crippen LogP contribution in [-0.2, 0) is 11.2 Å². The van der Waals surface area contributed by atoms with E-state index in [1.807, 2.05) is 25.1 Å². The molecule has 0 aliphatic carbocycles. The molecular weight excluding hydrogens is 228 g/mol. The number of aryl methyl sites for hydroxylation is 2. The first-order valence-corrected chi connectivity index (χ1v) is 5.98. The number of carbonyl (C=O) groups excluding carboxylic acids is 1. The third-order valence-electron chi connectivity index (χ3n) is 2.58. The van der Waals surface area contributed by atoms with Crippen molar-refractivity contribution < 1.29 is 9.53 Å². The van der Waals surface area contributed by atoms with Gasteiger partial charge in [0.1, 0.15) is 0 Å². The SMILES string of the molecule is Cc1cnn(C(=O)OCCCc2ccccc2)c1. The van der Waals surface area contributed by atoms with Gasteiger partial charge in [0.15, 0.2) is 0 Å². The molecule has 18 heavy (non-hydrogen) atoms. The van der Waals surface area contributed by atoms with Crippen molar-refractivity contribution >= 4 is 6.09 Å². The molecule has 0 radical (unpaired) electrons. The number of nitrogens with zero attached hydrogens (tertiary/aromatic N) is 2. The molecule has 2 rings (SSSR count). The van der Waals surface area contributed by atoms with Crippen molar-refractivity contribution in [1.29, 1.82) is 0 Å². The van der Waals surface area contributed by atoms with Crippen LogP contribution >= 0.6 is 0 Å². The van der Waals surface area contributed by atoms with Crippen molar-refractivity contribution in [2.24, 2.45) is 0 Å². The van der Waals surface area contributed by atoms with E-state index in [1.165, 1.54) is 10.2 Å². The molecular formula is C14H16N2O2. The summed E-state index contributed by atoms with van der Waals surface area (Å²) in [6.45, 7) is 2.29. The summed E-state index contributed by atoms with van der Waals surface area (Å²) in [6.07, 6.45) is 4.59. The van der Waals surface area contributed by atoms with Gasteiger partial charge in [-0.25, -0.2) is 4.79 Å². The van der Waals surface area contributed by atoms with Crippen LogP contribution in [0, 0.1) is 6.92 Å². The minimum absolute atomic E-state index is 0.409. The summed E-state index contributed by atoms with van der Waals surface area (Å²) in [4.78, 5) is 11.5. The Hall–Kier alpha value is -2.10. The van der Waals surface area contributed by atoms with Crippen LogP contribution in [0.25, 0.3) is 0 Å². The summed E-state index contributed by atoms with van der Waals surface area (Å²) < 4.78 is 6.34. The molecule has 1 aromatic heterocycles. The zero-order valence-electron chi connectivity index (χ0n) is 10.4. The van der Waals surface area contributed by atoms with Gasteiger partial charge in [0.2, 0.25) is 0 Å². The summed E-state index contributed by atoms with van der Waals surface area (Å²) in [5, 5.41) is 3.89. The zero-order valence-corrected chi connectivity index (χ0v) is 10.4. The van der Waals surface area contributed by atoms with Crippen LogP contribution in [0.4, 0.5) is 4.79 Å². The van der Waals surface area contributed by atoms with Gasteiger partial charge in [0.05, 0.1) is 12.8 Å². The van der Waals surface area contributed by atoms with Crippen molar-refractivity contribution in [3.05, 3.63) is 53.9 Å². The van der Waals surface area contributed by atoms with Crippen LogP contribution in [0.15, 0.2) is 42.7 Å². The monoisotopic (exact) mass is 244 g/mol. The summed E-state index contributed by atoms with van der Waals surface area (Å²) in [7, 11) is 0. The zero-order chi connectivity index (χ0) is 12.8. The van der Waals surface area contributed by atoms with Crippen molar-refractivity contribution in [2.75, 3.05) is 6.61 Å². The minimum Gasteiger partial charge on any atom is -0.448 e. The second-order valence-corrected chi connectivity index (χ2v) is 4.17. The van der Waals surface area contributed by atoms with E-state index in [1.54, 1.807) is 12.4 Å². The van der Waals surface area contributed by atoms with E-state index in [2.05, 4.69) is 17.2 Å². The fourth-order valence-corrected chi connectivity index (χ4v) is 1.66. The number of ether oxygens (including phenoxy) is 1. The molecule has 0 unspecified atom stereocenters. The molecule has 0 bridgehead atoms. The van der Waals surface area contributed by atoms with E-state index in [9.17, 15) is 4.79 Å². The number of benzene rings is 1. The molecule has 1 aromatic carbocycles. The van der Waals surface area contributed by atoms with E-state index >= 15 is 0 Å². The highest BCUT2D eigenvalue weighted by Crippen LogP contribution is 2.03. The molecule has 2 aromatic rings. The van der Waals surface area contributed by atoms with Crippen LogP contribution in [-0.4, -0.2) is 22.5 Å². The fraction of sp³-hybridized carbons (Fsp3) is 0.286. The lowest BCUT2D eigenvalue weighted by Crippen LogP contribution is -2.15. The average Bonchev–Trinajstić information content (AvgIpc) is 2.82. The number of hydrogen-bond acceptors (Lipinski definition) is 3. The maximum atomic E-state index is 11.5. The molecule has 0 spiro atoms. The van der Waals surface area contributed by atoms with E-state index in [4.69, 9.17) is 4.74 Å². The predicted molar refractivity (Wildman–Crippen MR) is 68.5 cm³/mol. The Kier molecular flexibility index (Phi) is 4.12. The fourth-order valence-electron chi connectivity index (χ4n) is 1.66. The van der Waals surface area contributed by atoms with Gasteiger partial charge < -0.3 is 4.74 Å². The molecule has 0 atom stereocenters. The first-order valence-electron chi connectivity index (χ1n) is 5.98. The molecule has 0 saturated heterocycles. The van der Waals surface area contributed by atoms with E-state index in [0.717, 1.165) is 18.4 Å². The second kappa shape index (κ2) is 6.00. The minimum atomic E-state index is -0.420. The molecule has 0 N–H and O–H groups in total. The van der Waals surface area contributed by atoms with Gasteiger partial charge in [-0.15, -0.1) is 0 Å². The lowest BCUT2D eigenvalue weighted by atomic mass is 10.1. The standard InChI is InChI=1S/C14H16N2O2/c1-12-10-15-16(11-12)14(17)18-9-5-8-13-6-3-2-4-7-13/h2-4,6-7,10-11H,5,8-9H2,1H3. The third-order valence-corrected chi connectivity index (χ3v) is 2.58. The van der Waals surface area contributed by atoms with Crippen LogP contribution in [0.1, 0.15) is 17.5 Å². The molecule has 4 nitrogen and oxygen atoms in total. The van der Waals surface area contributed by atoms with Crippen molar-refractivity contribution in [1.82, 2.24) is 9.78 Å². The molecule has 4 heteroatoms. The Morgan fingerprint density at radius 3 is 2.78 bits per heavy atom. The van der Waals surface area contributed by atoms with Gasteiger partial charge in [0, 0.05) is 6.20 Å². The lowest BCUT2D eigenvalue weighted by Gasteiger charge is -2.04. The maximum Gasteiger partial charge on any atom is 0.434 e. The lowest BCUT2D eigenvalue weighted by molar-refractivity contribution is 0.143. The third kappa shape index (κ3) is 3.45. The van der Waals surface area contributed by atoms with Gasteiger partial charge in [-0.3, -0.25) is 0 Å². The maximum absolute atomic E-state index is 11.5. The van der Waals surface area contributed by atoms with E-state index in [-0.39, 0.29) is 0 Å². The largest absolute Gasteiger partial charge is 0.448 e. The molecule has 0 saturated carbocycles. The van der Waals surface area contributed by atoms with Crippen molar-refractivity contribution in [2.45, 2.75) is 19.8 Å². The van der Waals surface area contributed by atoms with E-state index < -0.39 is 6.09 Å². The molecule has 0 aliphatic rings. The Morgan fingerprint density at radius 2 is 2.11 bits per heavy atom. The van der Waals surface area contributed by atoms with Gasteiger partial charge >= 0.3 is 6.09 Å². The van der Waals surface area contributed by atoms with Gasteiger partial charge in [-0.05, 0) is 30.9 Å². The number of rotatable bonds is 4. The van der Waals surface area contributed by atoms with E-state index in [0.29, 0.717) is 6.61 Å². The number of carbonyl (C=O) groups is 1. The number of aromatic nitrogens is 2. The highest BCUT2D eigenvalue weighted by molar-refractivity contribution is 5.69. The smallest absolute Gasteiger partial charge is 0.434 e. The van der Waals surface area contributed by atoms with Crippen LogP contribution < -0.4 is 0 Å². The van der Waals surface area contributed by atoms with Crippen LogP contribution in [0.5, 0.6) is 0 Å². The van der Waals surface area contributed by atoms with Crippen molar-refractivity contribution in [3.8, 4) is 0 Å². The molecule has 1 heterocycles. The van der Waals surface area contributed by atoms with Crippen molar-refractivity contribution in [3.63, 3.8) is 0 Å². The average molecular weight is 244 g/mol. The van der Waals surface area contributed by atoms with Crippen LogP contribution in [0.3, 0.4) is 0 Å². The highest BCUT2D eigenvalue weighted by atomic mass is 16.6. The molecule has 0 aliphatic heterocycles. The quantitative estimate of drug-likeness (QED) is 0.777. The molecule has 0 fully saturated rings. The Labute approximate surface area is 106 Å². The summed E-state index contributed by atoms with van der Waals surface area (Å²) in [6, 6.07) is 10.1. The van der Waals surface area contributed by atoms with Gasteiger partial charge in [-0.2, -0.15) is 9.78 Å². The first-order chi connectivity index (χ1) is 8.75. The first kappa shape index (κ1) is 12.4. The highest BCUT2D eigenvalue weighted by Gasteiger charge is 2.06. The van der Waals surface area contributed by atoms with Gasteiger partial charge in [-0.1, -0.05) is 30.3 Å². The Balaban J connectivity index is 1.71. The normalized spacial score (nSPS) is 10.3. The summed E-state index contributed by atoms with van der Waals surface area (Å²) in [5.41, 5.74) is 2.19. The second-order valence-electron chi connectivity index (χ2n) is 4.17. The number of hydrogen-bond donors (Lipinski definition) is 0. The summed E-state index contributed by atoms with van der Waals surface area (Å²) >= 11 is 0. The molecule has 0 amide bonds. The van der Waals surface area contributed by atoms with Gasteiger partial charge in [0.25, 0.3) is 0 Å². The Bertz CT molecular complexity index is 506. The predicted octanol–water partition coefficient (Wildman–Crippen LogP) is 2.81. The summed E-state index contributed by atoms with van der Waals surface area (Å²) in [5.74, 6) is 0. The Morgan fingerprint density at radius 1 is 1.33 bits per heavy atom.